The molecule has 5 rings (SSSR count). The van der Waals surface area contributed by atoms with Crippen LogP contribution in [0.4, 0.5) is 10.8 Å². The maximum absolute atomic E-state index is 13.3. The lowest BCUT2D eigenvalue weighted by Gasteiger charge is -2.22. The third-order valence-electron chi connectivity index (χ3n) is 5.78. The largest absolute Gasteiger partial charge is 0.378 e. The van der Waals surface area contributed by atoms with Gasteiger partial charge in [-0.25, -0.2) is 5.01 Å². The standard InChI is InChI=1S/C25H24N6OS2/c1-30(2)20-11-9-17(10-12-20)22-14-21(19-8-7-16-5-3-4-6-18(16)13-19)29-31(22)23(32)15-33-25-28-27-24(26)34-25/h3-13,22H,14-15H2,1-2H3,(H2,26,27). The number of thioether (sulfide) groups is 1. The molecule has 3 aromatic carbocycles. The number of fused-ring (bicyclic) bond motifs is 1. The van der Waals surface area contributed by atoms with Gasteiger partial charge in [0.05, 0.1) is 17.5 Å². The van der Waals surface area contributed by atoms with Gasteiger partial charge in [0.15, 0.2) is 4.34 Å². The van der Waals surface area contributed by atoms with Crippen molar-refractivity contribution in [1.82, 2.24) is 15.2 Å². The van der Waals surface area contributed by atoms with Crippen molar-refractivity contribution in [2.45, 2.75) is 16.8 Å². The highest BCUT2D eigenvalue weighted by molar-refractivity contribution is 8.01. The summed E-state index contributed by atoms with van der Waals surface area (Å²) < 4.78 is 0.677. The zero-order valence-electron chi connectivity index (χ0n) is 18.9. The minimum absolute atomic E-state index is 0.0729. The fourth-order valence-electron chi connectivity index (χ4n) is 4.01. The number of hydrogen-bond donors (Lipinski definition) is 1. The minimum atomic E-state index is -0.162. The molecule has 7 nitrogen and oxygen atoms in total. The maximum atomic E-state index is 13.3. The Morgan fingerprint density at radius 1 is 1.09 bits per heavy atom. The molecule has 4 aromatic rings. The molecule has 2 N–H and O–H groups in total. The predicted octanol–water partition coefficient (Wildman–Crippen LogP) is 4.81. The van der Waals surface area contributed by atoms with Crippen LogP contribution in [0.2, 0.25) is 0 Å². The Bertz CT molecular complexity index is 1370. The zero-order chi connectivity index (χ0) is 23.7. The van der Waals surface area contributed by atoms with Gasteiger partial charge in [-0.3, -0.25) is 4.79 Å². The van der Waals surface area contributed by atoms with Crippen molar-refractivity contribution in [1.29, 1.82) is 0 Å². The summed E-state index contributed by atoms with van der Waals surface area (Å²) in [5.74, 6) is 0.145. The number of nitrogen functional groups attached to an aromatic ring is 1. The Morgan fingerprint density at radius 3 is 2.56 bits per heavy atom. The van der Waals surface area contributed by atoms with Crippen molar-refractivity contribution in [3.63, 3.8) is 0 Å². The quantitative estimate of drug-likeness (QED) is 0.392. The van der Waals surface area contributed by atoms with Crippen LogP contribution in [0.25, 0.3) is 10.8 Å². The second-order valence-electron chi connectivity index (χ2n) is 8.25. The van der Waals surface area contributed by atoms with Crippen LogP contribution in [0, 0.1) is 0 Å². The second-order valence-corrected chi connectivity index (χ2v) is 10.5. The number of amides is 1. The number of anilines is 2. The molecule has 0 aliphatic carbocycles. The fraction of sp³-hybridized carbons (Fsp3) is 0.200. The zero-order valence-corrected chi connectivity index (χ0v) is 20.5. The third kappa shape index (κ3) is 4.62. The van der Waals surface area contributed by atoms with Crippen LogP contribution in [0.5, 0.6) is 0 Å². The van der Waals surface area contributed by atoms with Gasteiger partial charge in [0.25, 0.3) is 5.91 Å². The lowest BCUT2D eigenvalue weighted by atomic mass is 9.96. The lowest BCUT2D eigenvalue weighted by Crippen LogP contribution is -2.28. The summed E-state index contributed by atoms with van der Waals surface area (Å²) >= 11 is 2.62. The van der Waals surface area contributed by atoms with Crippen LogP contribution in [0.15, 0.2) is 76.2 Å². The monoisotopic (exact) mass is 488 g/mol. The number of nitrogens with zero attached hydrogens (tertiary/aromatic N) is 5. The minimum Gasteiger partial charge on any atom is -0.378 e. The summed E-state index contributed by atoms with van der Waals surface area (Å²) in [5.41, 5.74) is 9.79. The predicted molar refractivity (Wildman–Crippen MR) is 141 cm³/mol. The van der Waals surface area contributed by atoms with E-state index in [4.69, 9.17) is 10.8 Å². The molecule has 0 radical (unpaired) electrons. The summed E-state index contributed by atoms with van der Waals surface area (Å²) in [4.78, 5) is 15.3. The van der Waals surface area contributed by atoms with Crippen LogP contribution in [-0.2, 0) is 4.79 Å². The van der Waals surface area contributed by atoms with E-state index in [0.29, 0.717) is 15.9 Å². The smallest absolute Gasteiger partial charge is 0.253 e. The second kappa shape index (κ2) is 9.44. The van der Waals surface area contributed by atoms with E-state index in [0.717, 1.165) is 27.9 Å². The molecule has 34 heavy (non-hydrogen) atoms. The summed E-state index contributed by atoms with van der Waals surface area (Å²) in [5, 5.41) is 17.0. The molecule has 1 unspecified atom stereocenters. The van der Waals surface area contributed by atoms with E-state index in [1.165, 1.54) is 28.5 Å². The highest BCUT2D eigenvalue weighted by atomic mass is 32.2. The molecule has 9 heteroatoms. The lowest BCUT2D eigenvalue weighted by molar-refractivity contribution is -0.130. The summed E-state index contributed by atoms with van der Waals surface area (Å²) in [7, 11) is 4.03. The average Bonchev–Trinajstić information content (AvgIpc) is 3.49. The number of nitrogens with two attached hydrogens (primary N) is 1. The molecule has 1 aliphatic rings. The van der Waals surface area contributed by atoms with Crippen molar-refractivity contribution < 1.29 is 4.79 Å². The van der Waals surface area contributed by atoms with Crippen molar-refractivity contribution in [3.8, 4) is 0 Å². The van der Waals surface area contributed by atoms with Crippen LogP contribution in [0.3, 0.4) is 0 Å². The highest BCUT2D eigenvalue weighted by Crippen LogP contribution is 2.35. The van der Waals surface area contributed by atoms with Gasteiger partial charge in [0.1, 0.15) is 0 Å². The van der Waals surface area contributed by atoms with E-state index in [1.54, 1.807) is 5.01 Å². The van der Waals surface area contributed by atoms with Crippen molar-refractivity contribution in [2.75, 3.05) is 30.5 Å². The maximum Gasteiger partial charge on any atom is 0.253 e. The van der Waals surface area contributed by atoms with E-state index in [2.05, 4.69) is 69.7 Å². The van der Waals surface area contributed by atoms with Gasteiger partial charge in [-0.15, -0.1) is 10.2 Å². The van der Waals surface area contributed by atoms with Gasteiger partial charge in [-0.2, -0.15) is 5.10 Å². The first-order valence-corrected chi connectivity index (χ1v) is 12.7. The van der Waals surface area contributed by atoms with Gasteiger partial charge in [-0.1, -0.05) is 71.6 Å². The van der Waals surface area contributed by atoms with E-state index >= 15 is 0 Å². The van der Waals surface area contributed by atoms with Gasteiger partial charge < -0.3 is 10.6 Å². The first-order chi connectivity index (χ1) is 16.5. The Balaban J connectivity index is 1.44. The van der Waals surface area contributed by atoms with Gasteiger partial charge in [0.2, 0.25) is 5.13 Å². The number of hydrogen-bond acceptors (Lipinski definition) is 8. The first kappa shape index (κ1) is 22.4. The Morgan fingerprint density at radius 2 is 1.85 bits per heavy atom. The Labute approximate surface area is 206 Å². The molecule has 1 aliphatic heterocycles. The van der Waals surface area contributed by atoms with Crippen molar-refractivity contribution in [3.05, 3.63) is 77.9 Å². The third-order valence-corrected chi connectivity index (χ3v) is 7.65. The number of hydrazone groups is 1. The molecule has 1 amide bonds. The molecular formula is C25H24N6OS2. The highest BCUT2D eigenvalue weighted by Gasteiger charge is 2.33. The first-order valence-electron chi connectivity index (χ1n) is 10.9. The van der Waals surface area contributed by atoms with Crippen LogP contribution in [0.1, 0.15) is 23.6 Å². The van der Waals surface area contributed by atoms with Crippen molar-refractivity contribution in [2.24, 2.45) is 5.10 Å². The molecular weight excluding hydrogens is 464 g/mol. The van der Waals surface area contributed by atoms with Crippen LogP contribution in [-0.4, -0.2) is 46.7 Å². The number of carbonyl (C=O) groups excluding carboxylic acids is 1. The molecule has 172 valence electrons. The number of benzene rings is 3. The van der Waals surface area contributed by atoms with Crippen LogP contribution >= 0.6 is 23.1 Å². The molecule has 0 fully saturated rings. The van der Waals surface area contributed by atoms with Gasteiger partial charge in [0, 0.05) is 26.2 Å². The molecule has 1 aromatic heterocycles. The topological polar surface area (TPSA) is 87.7 Å². The number of aromatic nitrogens is 2. The SMILES string of the molecule is CN(C)c1ccc(C2CC(c3ccc4ccccc4c3)=NN2C(=O)CSc2nnc(N)s2)cc1. The number of rotatable bonds is 6. The molecule has 2 heterocycles. The summed E-state index contributed by atoms with van der Waals surface area (Å²) in [6.45, 7) is 0. The molecule has 0 saturated heterocycles. The van der Waals surface area contributed by atoms with Crippen LogP contribution < -0.4 is 10.6 Å². The fourth-order valence-corrected chi connectivity index (χ4v) is 5.49. The normalized spacial score (nSPS) is 15.5. The molecule has 0 bridgehead atoms. The van der Waals surface area contributed by atoms with Crippen molar-refractivity contribution >= 4 is 56.3 Å². The van der Waals surface area contributed by atoms with E-state index in [9.17, 15) is 4.79 Å². The Kier molecular flexibility index (Phi) is 6.21. The van der Waals surface area contributed by atoms with Gasteiger partial charge >= 0.3 is 0 Å². The summed E-state index contributed by atoms with van der Waals surface area (Å²) in [6, 6.07) is 22.7. The molecule has 1 atom stereocenters. The van der Waals surface area contributed by atoms with E-state index < -0.39 is 0 Å². The van der Waals surface area contributed by atoms with Gasteiger partial charge in [-0.05, 0) is 40.1 Å². The van der Waals surface area contributed by atoms with E-state index in [-0.39, 0.29) is 17.7 Å². The Hall–Kier alpha value is -3.43. The van der Waals surface area contributed by atoms with E-state index in [1.807, 2.05) is 26.2 Å². The summed E-state index contributed by atoms with van der Waals surface area (Å²) in [6.07, 6.45) is 0.655. The molecule has 0 spiro atoms. The number of carbonyl (C=O) groups is 1. The average molecular weight is 489 g/mol. The molecule has 0 saturated carbocycles.